The topological polar surface area (TPSA) is 67.6 Å². The number of carbonyl (C=O) groups is 1. The van der Waals surface area contributed by atoms with Crippen molar-refractivity contribution in [3.05, 3.63) is 0 Å². The van der Waals surface area contributed by atoms with Gasteiger partial charge in [0.05, 0.1) is 13.2 Å². The third kappa shape index (κ3) is 6.51. The monoisotopic (exact) mass is 189 g/mol. The van der Waals surface area contributed by atoms with Crippen LogP contribution in [0.25, 0.3) is 0 Å². The van der Waals surface area contributed by atoms with E-state index in [1.54, 1.807) is 14.2 Å². The summed E-state index contributed by atoms with van der Waals surface area (Å²) < 4.78 is 4.88. The molecular formula is C8H19N3O2. The minimum Gasteiger partial charge on any atom is -0.383 e. The molecule has 0 aliphatic carbocycles. The smallest absolute Gasteiger partial charge is 0.233 e. The van der Waals surface area contributed by atoms with Gasteiger partial charge in [-0.3, -0.25) is 9.69 Å². The van der Waals surface area contributed by atoms with Crippen molar-refractivity contribution in [2.45, 2.75) is 6.04 Å². The summed E-state index contributed by atoms with van der Waals surface area (Å²) in [4.78, 5) is 12.8. The van der Waals surface area contributed by atoms with E-state index in [-0.39, 0.29) is 11.9 Å². The van der Waals surface area contributed by atoms with Gasteiger partial charge in [0.1, 0.15) is 0 Å². The van der Waals surface area contributed by atoms with E-state index in [0.717, 1.165) is 0 Å². The maximum Gasteiger partial charge on any atom is 0.233 e. The van der Waals surface area contributed by atoms with Crippen LogP contribution in [0.15, 0.2) is 0 Å². The van der Waals surface area contributed by atoms with Gasteiger partial charge in [-0.1, -0.05) is 0 Å². The molecule has 0 aromatic heterocycles. The molecule has 0 spiro atoms. The highest BCUT2D eigenvalue weighted by Crippen LogP contribution is 1.87. The maximum absolute atomic E-state index is 10.9. The molecular weight excluding hydrogens is 170 g/mol. The van der Waals surface area contributed by atoms with Gasteiger partial charge in [0, 0.05) is 26.7 Å². The molecule has 0 saturated heterocycles. The standard InChI is InChI=1S/C8H19N3O2/c1-10-8(12)5-11(2)4-7(9)6-13-3/h7H,4-6,9H2,1-3H3,(H,10,12). The van der Waals surface area contributed by atoms with E-state index in [1.807, 2.05) is 11.9 Å². The number of hydrogen-bond donors (Lipinski definition) is 2. The second-order valence-corrected chi connectivity index (χ2v) is 3.09. The number of amides is 1. The Morgan fingerprint density at radius 1 is 1.69 bits per heavy atom. The summed E-state index contributed by atoms with van der Waals surface area (Å²) in [5, 5.41) is 2.55. The third-order valence-corrected chi connectivity index (χ3v) is 1.62. The third-order valence-electron chi connectivity index (χ3n) is 1.62. The highest BCUT2D eigenvalue weighted by Gasteiger charge is 2.08. The van der Waals surface area contributed by atoms with Crippen molar-refractivity contribution in [3.63, 3.8) is 0 Å². The van der Waals surface area contributed by atoms with Gasteiger partial charge in [-0.25, -0.2) is 0 Å². The molecule has 0 aromatic rings. The van der Waals surface area contributed by atoms with Crippen LogP contribution in [0.2, 0.25) is 0 Å². The van der Waals surface area contributed by atoms with Gasteiger partial charge < -0.3 is 15.8 Å². The van der Waals surface area contributed by atoms with E-state index >= 15 is 0 Å². The highest BCUT2D eigenvalue weighted by atomic mass is 16.5. The van der Waals surface area contributed by atoms with Crippen LogP contribution < -0.4 is 11.1 Å². The predicted molar refractivity (Wildman–Crippen MR) is 51.4 cm³/mol. The van der Waals surface area contributed by atoms with Crippen molar-refractivity contribution < 1.29 is 9.53 Å². The lowest BCUT2D eigenvalue weighted by Gasteiger charge is -2.19. The van der Waals surface area contributed by atoms with Crippen LogP contribution >= 0.6 is 0 Å². The van der Waals surface area contributed by atoms with Crippen LogP contribution in [0.5, 0.6) is 0 Å². The number of nitrogens with zero attached hydrogens (tertiary/aromatic N) is 1. The first kappa shape index (κ1) is 12.3. The number of ether oxygens (including phenoxy) is 1. The van der Waals surface area contributed by atoms with E-state index in [9.17, 15) is 4.79 Å². The molecule has 5 heteroatoms. The second-order valence-electron chi connectivity index (χ2n) is 3.09. The normalized spacial score (nSPS) is 13.0. The van der Waals surface area contributed by atoms with Crippen LogP contribution in [0, 0.1) is 0 Å². The van der Waals surface area contributed by atoms with Gasteiger partial charge in [0.15, 0.2) is 0 Å². The van der Waals surface area contributed by atoms with E-state index in [0.29, 0.717) is 19.7 Å². The van der Waals surface area contributed by atoms with Crippen molar-refractivity contribution in [3.8, 4) is 0 Å². The van der Waals surface area contributed by atoms with E-state index in [1.165, 1.54) is 0 Å². The molecule has 0 fully saturated rings. The largest absolute Gasteiger partial charge is 0.383 e. The number of methoxy groups -OCH3 is 1. The van der Waals surface area contributed by atoms with Crippen molar-refractivity contribution >= 4 is 5.91 Å². The molecule has 0 saturated carbocycles. The van der Waals surface area contributed by atoms with E-state index in [4.69, 9.17) is 10.5 Å². The Labute approximate surface area is 79.2 Å². The van der Waals surface area contributed by atoms with Crippen molar-refractivity contribution in [1.82, 2.24) is 10.2 Å². The van der Waals surface area contributed by atoms with Gasteiger partial charge in [-0.05, 0) is 7.05 Å². The number of rotatable bonds is 6. The van der Waals surface area contributed by atoms with Gasteiger partial charge >= 0.3 is 0 Å². The lowest BCUT2D eigenvalue weighted by Crippen LogP contribution is -2.42. The Morgan fingerprint density at radius 2 is 2.31 bits per heavy atom. The summed E-state index contributed by atoms with van der Waals surface area (Å²) in [5.41, 5.74) is 5.70. The number of nitrogens with one attached hydrogen (secondary N) is 1. The first-order valence-electron chi connectivity index (χ1n) is 4.23. The predicted octanol–water partition coefficient (Wildman–Crippen LogP) is -1.36. The van der Waals surface area contributed by atoms with Gasteiger partial charge in [-0.15, -0.1) is 0 Å². The van der Waals surface area contributed by atoms with Crippen molar-refractivity contribution in [2.24, 2.45) is 5.73 Å². The molecule has 5 nitrogen and oxygen atoms in total. The molecule has 0 aliphatic heterocycles. The van der Waals surface area contributed by atoms with Crippen LogP contribution in [0.4, 0.5) is 0 Å². The number of hydrogen-bond acceptors (Lipinski definition) is 4. The number of likely N-dealkylation sites (N-methyl/N-ethyl adjacent to an activating group) is 2. The summed E-state index contributed by atoms with van der Waals surface area (Å²) in [6.45, 7) is 1.53. The van der Waals surface area contributed by atoms with Gasteiger partial charge in [0.2, 0.25) is 5.91 Å². The highest BCUT2D eigenvalue weighted by molar-refractivity contribution is 5.77. The van der Waals surface area contributed by atoms with Crippen LogP contribution in [0.1, 0.15) is 0 Å². The first-order valence-corrected chi connectivity index (χ1v) is 4.23. The molecule has 1 amide bonds. The Kier molecular flexibility index (Phi) is 6.48. The number of carbonyl (C=O) groups excluding carboxylic acids is 1. The number of nitrogens with two attached hydrogens (primary N) is 1. The SMILES string of the molecule is CNC(=O)CN(C)CC(N)COC. The average Bonchev–Trinajstić information content (AvgIpc) is 2.04. The summed E-state index contributed by atoms with van der Waals surface area (Å²) in [6, 6.07) is -0.0420. The molecule has 1 atom stereocenters. The zero-order chi connectivity index (χ0) is 10.3. The van der Waals surface area contributed by atoms with Crippen LogP contribution in [-0.4, -0.2) is 57.8 Å². The van der Waals surface area contributed by atoms with E-state index < -0.39 is 0 Å². The minimum atomic E-state index is -0.0420. The summed E-state index contributed by atoms with van der Waals surface area (Å²) in [7, 11) is 5.08. The first-order chi connectivity index (χ1) is 6.10. The summed E-state index contributed by atoms with van der Waals surface area (Å²) in [5.74, 6) is -0.00730. The summed E-state index contributed by atoms with van der Waals surface area (Å²) in [6.07, 6.45) is 0. The zero-order valence-corrected chi connectivity index (χ0v) is 8.54. The molecule has 1 unspecified atom stereocenters. The molecule has 78 valence electrons. The zero-order valence-electron chi connectivity index (χ0n) is 8.54. The quantitative estimate of drug-likeness (QED) is 0.541. The van der Waals surface area contributed by atoms with Crippen molar-refractivity contribution in [2.75, 3.05) is 40.9 Å². The molecule has 13 heavy (non-hydrogen) atoms. The maximum atomic E-state index is 10.9. The molecule has 0 aromatic carbocycles. The molecule has 0 rings (SSSR count). The van der Waals surface area contributed by atoms with Crippen LogP contribution in [0.3, 0.4) is 0 Å². The molecule has 0 bridgehead atoms. The molecule has 0 aliphatic rings. The minimum absolute atomic E-state index is 0.00730. The van der Waals surface area contributed by atoms with E-state index in [2.05, 4.69) is 5.32 Å². The average molecular weight is 189 g/mol. The Balaban J connectivity index is 3.60. The Morgan fingerprint density at radius 3 is 2.77 bits per heavy atom. The summed E-state index contributed by atoms with van der Waals surface area (Å²) >= 11 is 0. The lowest BCUT2D eigenvalue weighted by atomic mass is 10.3. The fourth-order valence-corrected chi connectivity index (χ4v) is 1.06. The Bertz CT molecular complexity index is 152. The van der Waals surface area contributed by atoms with Gasteiger partial charge in [-0.2, -0.15) is 0 Å². The molecule has 0 heterocycles. The van der Waals surface area contributed by atoms with Gasteiger partial charge in [0.25, 0.3) is 0 Å². The lowest BCUT2D eigenvalue weighted by molar-refractivity contribution is -0.121. The fraction of sp³-hybridized carbons (Fsp3) is 0.875. The second kappa shape index (κ2) is 6.82. The molecule has 0 radical (unpaired) electrons. The Hall–Kier alpha value is -0.650. The fourth-order valence-electron chi connectivity index (χ4n) is 1.06. The molecule has 3 N–H and O–H groups in total. The van der Waals surface area contributed by atoms with Crippen molar-refractivity contribution in [1.29, 1.82) is 0 Å². The van der Waals surface area contributed by atoms with Crippen LogP contribution in [-0.2, 0) is 9.53 Å².